The van der Waals surface area contributed by atoms with Crippen LogP contribution in [0.4, 0.5) is 0 Å². The largest absolute Gasteiger partial charge is 0.330 e. The van der Waals surface area contributed by atoms with E-state index in [1.54, 1.807) is 29.2 Å². The predicted octanol–water partition coefficient (Wildman–Crippen LogP) is 4.31. The molecule has 1 heterocycles. The molecule has 4 rings (SSSR count). The first-order valence-electron chi connectivity index (χ1n) is 10.5. The van der Waals surface area contributed by atoms with Crippen molar-refractivity contribution >= 4 is 15.9 Å². The molecule has 5 nitrogen and oxygen atoms in total. The lowest BCUT2D eigenvalue weighted by atomic mass is 10.1. The smallest absolute Gasteiger partial charge is 0.254 e. The number of hydrogen-bond acceptors (Lipinski definition) is 3. The van der Waals surface area contributed by atoms with Crippen molar-refractivity contribution in [2.75, 3.05) is 13.1 Å². The van der Waals surface area contributed by atoms with E-state index in [0.717, 1.165) is 24.0 Å². The molecule has 0 radical (unpaired) electrons. The number of sulfonamides is 1. The van der Waals surface area contributed by atoms with Crippen LogP contribution in [0.5, 0.6) is 0 Å². The van der Waals surface area contributed by atoms with Gasteiger partial charge in [-0.2, -0.15) is 4.31 Å². The van der Waals surface area contributed by atoms with Crippen molar-refractivity contribution in [1.82, 2.24) is 9.21 Å². The van der Waals surface area contributed by atoms with Gasteiger partial charge in [0.05, 0.1) is 4.90 Å². The number of benzene rings is 3. The second kappa shape index (κ2) is 9.45. The summed E-state index contributed by atoms with van der Waals surface area (Å²) in [6, 6.07) is 26.0. The van der Waals surface area contributed by atoms with Crippen molar-refractivity contribution in [3.8, 4) is 0 Å². The first-order chi connectivity index (χ1) is 15.0. The molecule has 3 aromatic rings. The quantitative estimate of drug-likeness (QED) is 0.557. The highest BCUT2D eigenvalue weighted by molar-refractivity contribution is 7.89. The normalized spacial score (nSPS) is 14.5. The van der Waals surface area contributed by atoms with Gasteiger partial charge < -0.3 is 4.90 Å². The third kappa shape index (κ3) is 5.03. The van der Waals surface area contributed by atoms with Crippen molar-refractivity contribution < 1.29 is 13.2 Å². The number of nitrogens with zero attached hydrogens (tertiary/aromatic N) is 2. The third-order valence-electron chi connectivity index (χ3n) is 5.52. The summed E-state index contributed by atoms with van der Waals surface area (Å²) in [6.07, 6.45) is 1.79. The van der Waals surface area contributed by atoms with Gasteiger partial charge in [-0.3, -0.25) is 4.79 Å². The van der Waals surface area contributed by atoms with E-state index >= 15 is 0 Å². The fraction of sp³-hybridized carbons (Fsp3) is 0.240. The van der Waals surface area contributed by atoms with E-state index < -0.39 is 10.0 Å². The van der Waals surface area contributed by atoms with E-state index in [1.165, 1.54) is 4.31 Å². The van der Waals surface area contributed by atoms with Crippen molar-refractivity contribution in [2.24, 2.45) is 0 Å². The fourth-order valence-electron chi connectivity index (χ4n) is 3.84. The maximum atomic E-state index is 13.3. The van der Waals surface area contributed by atoms with Crippen LogP contribution in [0, 0.1) is 0 Å². The lowest BCUT2D eigenvalue weighted by molar-refractivity contribution is 0.0730. The lowest BCUT2D eigenvalue weighted by Crippen LogP contribution is -2.30. The number of amides is 1. The molecule has 0 saturated carbocycles. The zero-order valence-corrected chi connectivity index (χ0v) is 18.2. The maximum Gasteiger partial charge on any atom is 0.254 e. The van der Waals surface area contributed by atoms with Gasteiger partial charge in [-0.1, -0.05) is 60.7 Å². The Bertz CT molecular complexity index is 1070. The first kappa shape index (κ1) is 21.3. The monoisotopic (exact) mass is 434 g/mol. The van der Waals surface area contributed by atoms with Gasteiger partial charge in [0.15, 0.2) is 0 Å². The fourth-order valence-corrected chi connectivity index (χ4v) is 5.35. The molecule has 0 atom stereocenters. The molecule has 1 aliphatic rings. The lowest BCUT2D eigenvalue weighted by Gasteiger charge is -2.23. The summed E-state index contributed by atoms with van der Waals surface area (Å²) < 4.78 is 27.0. The van der Waals surface area contributed by atoms with Crippen LogP contribution in [0.1, 0.15) is 34.3 Å². The van der Waals surface area contributed by atoms with E-state index in [2.05, 4.69) is 0 Å². The maximum absolute atomic E-state index is 13.3. The van der Waals surface area contributed by atoms with Crippen LogP contribution in [-0.2, 0) is 23.1 Å². The van der Waals surface area contributed by atoms with E-state index in [0.29, 0.717) is 31.7 Å². The molecule has 0 N–H and O–H groups in total. The highest BCUT2D eigenvalue weighted by Gasteiger charge is 2.27. The molecule has 1 saturated heterocycles. The van der Waals surface area contributed by atoms with Gasteiger partial charge in [0.2, 0.25) is 10.0 Å². The summed E-state index contributed by atoms with van der Waals surface area (Å²) in [4.78, 5) is 15.4. The Balaban J connectivity index is 1.57. The Hall–Kier alpha value is -2.96. The predicted molar refractivity (Wildman–Crippen MR) is 121 cm³/mol. The first-order valence-corrected chi connectivity index (χ1v) is 12.0. The van der Waals surface area contributed by atoms with Crippen molar-refractivity contribution in [3.05, 3.63) is 102 Å². The molecule has 0 spiro atoms. The van der Waals surface area contributed by atoms with Gasteiger partial charge in [-0.25, -0.2) is 8.42 Å². The zero-order valence-electron chi connectivity index (χ0n) is 17.4. The van der Waals surface area contributed by atoms with E-state index in [-0.39, 0.29) is 10.8 Å². The highest BCUT2D eigenvalue weighted by Crippen LogP contribution is 2.22. The van der Waals surface area contributed by atoms with E-state index in [9.17, 15) is 13.2 Å². The van der Waals surface area contributed by atoms with Gasteiger partial charge >= 0.3 is 0 Å². The molecule has 0 aromatic heterocycles. The van der Waals surface area contributed by atoms with Crippen molar-refractivity contribution in [1.29, 1.82) is 0 Å². The molecule has 0 bridgehead atoms. The van der Waals surface area contributed by atoms with Crippen LogP contribution >= 0.6 is 0 Å². The number of carbonyl (C=O) groups is 1. The number of hydrogen-bond donors (Lipinski definition) is 0. The van der Waals surface area contributed by atoms with Crippen molar-refractivity contribution in [3.63, 3.8) is 0 Å². The average molecular weight is 435 g/mol. The average Bonchev–Trinajstić information content (AvgIpc) is 3.36. The van der Waals surface area contributed by atoms with Gasteiger partial charge in [0.25, 0.3) is 5.91 Å². The van der Waals surface area contributed by atoms with Crippen LogP contribution in [0.15, 0.2) is 89.8 Å². The number of rotatable bonds is 7. The summed E-state index contributed by atoms with van der Waals surface area (Å²) in [5, 5.41) is 0. The topological polar surface area (TPSA) is 57.7 Å². The van der Waals surface area contributed by atoms with E-state index in [1.807, 2.05) is 60.7 Å². The Kier molecular flexibility index (Phi) is 6.49. The van der Waals surface area contributed by atoms with Gasteiger partial charge in [0, 0.05) is 31.7 Å². The van der Waals surface area contributed by atoms with Gasteiger partial charge in [0.1, 0.15) is 0 Å². The van der Waals surface area contributed by atoms with Gasteiger partial charge in [-0.05, 0) is 48.2 Å². The van der Waals surface area contributed by atoms with Crippen LogP contribution < -0.4 is 0 Å². The Morgan fingerprint density at radius 1 is 0.742 bits per heavy atom. The zero-order chi connectivity index (χ0) is 21.7. The van der Waals surface area contributed by atoms with Crippen LogP contribution in [0.25, 0.3) is 0 Å². The standard InChI is InChI=1S/C25H26N2O3S/c28-25(23-13-15-24(16-14-23)31(29,30)27-17-7-8-18-27)26(19-21-9-3-1-4-10-21)20-22-11-5-2-6-12-22/h1-6,9-16H,7-8,17-20H2. The molecule has 3 aromatic carbocycles. The van der Waals surface area contributed by atoms with Crippen LogP contribution in [0.2, 0.25) is 0 Å². The molecule has 0 aliphatic carbocycles. The minimum absolute atomic E-state index is 0.127. The molecule has 6 heteroatoms. The van der Waals surface area contributed by atoms with Crippen molar-refractivity contribution in [2.45, 2.75) is 30.8 Å². The summed E-state index contributed by atoms with van der Waals surface area (Å²) in [5.74, 6) is -0.127. The summed E-state index contributed by atoms with van der Waals surface area (Å²) in [5.41, 5.74) is 2.56. The Morgan fingerprint density at radius 2 is 1.23 bits per heavy atom. The molecule has 1 fully saturated rings. The van der Waals surface area contributed by atoms with Gasteiger partial charge in [-0.15, -0.1) is 0 Å². The molecular formula is C25H26N2O3S. The van der Waals surface area contributed by atoms with E-state index in [4.69, 9.17) is 0 Å². The molecule has 1 amide bonds. The molecule has 0 unspecified atom stereocenters. The highest BCUT2D eigenvalue weighted by atomic mass is 32.2. The minimum atomic E-state index is -3.49. The molecular weight excluding hydrogens is 408 g/mol. The Morgan fingerprint density at radius 3 is 1.71 bits per heavy atom. The second-order valence-corrected chi connectivity index (χ2v) is 9.71. The number of carbonyl (C=O) groups excluding carboxylic acids is 1. The third-order valence-corrected chi connectivity index (χ3v) is 7.44. The molecule has 1 aliphatic heterocycles. The summed E-state index contributed by atoms with van der Waals surface area (Å²) >= 11 is 0. The molecule has 160 valence electrons. The molecule has 31 heavy (non-hydrogen) atoms. The van der Waals surface area contributed by atoms with Crippen LogP contribution in [0.3, 0.4) is 0 Å². The minimum Gasteiger partial charge on any atom is -0.330 e. The van der Waals surface area contributed by atoms with Crippen LogP contribution in [-0.4, -0.2) is 36.6 Å². The summed E-state index contributed by atoms with van der Waals surface area (Å²) in [6.45, 7) is 2.07. The Labute approximate surface area is 184 Å². The SMILES string of the molecule is O=C(c1ccc(S(=O)(=O)N2CCCC2)cc1)N(Cc1ccccc1)Cc1ccccc1. The second-order valence-electron chi connectivity index (χ2n) is 7.77. The summed E-state index contributed by atoms with van der Waals surface area (Å²) in [7, 11) is -3.49.